The number of hydrogen-bond acceptors (Lipinski definition) is 2. The van der Waals surface area contributed by atoms with Gasteiger partial charge in [0.1, 0.15) is 0 Å². The van der Waals surface area contributed by atoms with E-state index in [1.807, 2.05) is 48.5 Å². The number of hydrogen-bond donors (Lipinski definition) is 2. The van der Waals surface area contributed by atoms with Gasteiger partial charge in [-0.1, -0.05) is 75.2 Å². The van der Waals surface area contributed by atoms with Crippen molar-refractivity contribution in [3.8, 4) is 0 Å². The highest BCUT2D eigenvalue weighted by atomic mass is 16.2. The molecule has 1 aliphatic carbocycles. The molecule has 0 unspecified atom stereocenters. The van der Waals surface area contributed by atoms with Crippen LogP contribution in [0.3, 0.4) is 0 Å². The first-order valence-electron chi connectivity index (χ1n) is 10.2. The quantitative estimate of drug-likeness (QED) is 0.778. The second-order valence-electron chi connectivity index (χ2n) is 7.95. The molecule has 1 aliphatic rings. The molecule has 4 nitrogen and oxygen atoms in total. The maximum Gasteiger partial charge on any atom is 0.251 e. The molecule has 28 heavy (non-hydrogen) atoms. The molecule has 0 aromatic heterocycles. The molecule has 0 spiro atoms. The van der Waals surface area contributed by atoms with Gasteiger partial charge in [-0.25, -0.2) is 0 Å². The molecule has 0 heterocycles. The van der Waals surface area contributed by atoms with Crippen LogP contribution in [-0.4, -0.2) is 17.9 Å². The summed E-state index contributed by atoms with van der Waals surface area (Å²) in [7, 11) is 0. The summed E-state index contributed by atoms with van der Waals surface area (Å²) in [4.78, 5) is 25.5. The second kappa shape index (κ2) is 9.54. The molecule has 1 saturated carbocycles. The Bertz CT molecular complexity index is 776. The van der Waals surface area contributed by atoms with Gasteiger partial charge in [-0.05, 0) is 36.0 Å². The van der Waals surface area contributed by atoms with E-state index >= 15 is 0 Å². The molecular formula is C24H30N2O2. The Morgan fingerprint density at radius 2 is 1.61 bits per heavy atom. The van der Waals surface area contributed by atoms with Gasteiger partial charge in [0.15, 0.2) is 0 Å². The number of benzene rings is 2. The maximum absolute atomic E-state index is 12.8. The van der Waals surface area contributed by atoms with E-state index in [4.69, 9.17) is 0 Å². The lowest BCUT2D eigenvalue weighted by atomic mass is 9.78. The minimum Gasteiger partial charge on any atom is -0.353 e. The van der Waals surface area contributed by atoms with Crippen molar-refractivity contribution in [3.63, 3.8) is 0 Å². The van der Waals surface area contributed by atoms with Crippen LogP contribution in [0, 0.1) is 11.8 Å². The number of amides is 2. The van der Waals surface area contributed by atoms with E-state index in [2.05, 4.69) is 24.5 Å². The summed E-state index contributed by atoms with van der Waals surface area (Å²) in [6.45, 7) is 4.48. The van der Waals surface area contributed by atoms with E-state index in [1.165, 1.54) is 6.42 Å². The van der Waals surface area contributed by atoms with Crippen LogP contribution in [0.25, 0.3) is 0 Å². The van der Waals surface area contributed by atoms with E-state index in [0.29, 0.717) is 17.4 Å². The van der Waals surface area contributed by atoms with Gasteiger partial charge < -0.3 is 10.6 Å². The fraction of sp³-hybridized carbons (Fsp3) is 0.417. The lowest BCUT2D eigenvalue weighted by molar-refractivity contribution is -0.123. The van der Waals surface area contributed by atoms with E-state index in [0.717, 1.165) is 18.4 Å². The number of carbonyl (C=O) groups is 2. The van der Waals surface area contributed by atoms with Gasteiger partial charge >= 0.3 is 0 Å². The predicted molar refractivity (Wildman–Crippen MR) is 112 cm³/mol. The van der Waals surface area contributed by atoms with E-state index in [9.17, 15) is 9.59 Å². The van der Waals surface area contributed by atoms with Crippen LogP contribution in [0.15, 0.2) is 60.7 Å². The zero-order chi connectivity index (χ0) is 19.9. The smallest absolute Gasteiger partial charge is 0.251 e. The number of nitrogens with one attached hydrogen (secondary N) is 2. The molecule has 2 amide bonds. The van der Waals surface area contributed by atoms with Gasteiger partial charge in [0.2, 0.25) is 5.91 Å². The molecule has 4 heteroatoms. The van der Waals surface area contributed by atoms with Crippen molar-refractivity contribution < 1.29 is 9.59 Å². The summed E-state index contributed by atoms with van der Waals surface area (Å²) in [6.07, 6.45) is 3.65. The monoisotopic (exact) mass is 378 g/mol. The highest BCUT2D eigenvalue weighted by Gasteiger charge is 2.29. The van der Waals surface area contributed by atoms with Crippen LogP contribution < -0.4 is 10.6 Å². The Kier molecular flexibility index (Phi) is 6.85. The number of rotatable bonds is 6. The molecule has 3 rings (SSSR count). The van der Waals surface area contributed by atoms with Crippen LogP contribution >= 0.6 is 0 Å². The van der Waals surface area contributed by atoms with Gasteiger partial charge in [0, 0.05) is 11.6 Å². The summed E-state index contributed by atoms with van der Waals surface area (Å²) in [6, 6.07) is 18.7. The van der Waals surface area contributed by atoms with Crippen LogP contribution in [0.5, 0.6) is 0 Å². The Morgan fingerprint density at radius 3 is 2.29 bits per heavy atom. The van der Waals surface area contributed by atoms with Crippen LogP contribution in [0.4, 0.5) is 0 Å². The molecule has 0 aliphatic heterocycles. The van der Waals surface area contributed by atoms with E-state index in [-0.39, 0.29) is 30.3 Å². The van der Waals surface area contributed by atoms with Gasteiger partial charge in [0.25, 0.3) is 5.91 Å². The summed E-state index contributed by atoms with van der Waals surface area (Å²) < 4.78 is 0. The molecule has 2 aromatic rings. The molecule has 0 bridgehead atoms. The van der Waals surface area contributed by atoms with Crippen LogP contribution in [0.2, 0.25) is 0 Å². The topological polar surface area (TPSA) is 58.2 Å². The fourth-order valence-electron chi connectivity index (χ4n) is 4.01. The van der Waals surface area contributed by atoms with Crippen molar-refractivity contribution in [1.82, 2.24) is 10.6 Å². The third-order valence-electron chi connectivity index (χ3n) is 5.99. The predicted octanol–water partition coefficient (Wildman–Crippen LogP) is 4.49. The third kappa shape index (κ3) is 5.22. The fourth-order valence-corrected chi connectivity index (χ4v) is 4.01. The summed E-state index contributed by atoms with van der Waals surface area (Å²) >= 11 is 0. The molecule has 2 N–H and O–H groups in total. The maximum atomic E-state index is 12.8. The van der Waals surface area contributed by atoms with Crippen molar-refractivity contribution in [3.05, 3.63) is 71.8 Å². The third-order valence-corrected chi connectivity index (χ3v) is 5.99. The van der Waals surface area contributed by atoms with Gasteiger partial charge in [-0.15, -0.1) is 0 Å². The Balaban J connectivity index is 1.69. The minimum absolute atomic E-state index is 0.00633. The normalized spacial score (nSPS) is 22.9. The van der Waals surface area contributed by atoms with Crippen molar-refractivity contribution >= 4 is 11.8 Å². The first-order valence-corrected chi connectivity index (χ1v) is 10.2. The zero-order valence-corrected chi connectivity index (χ0v) is 16.7. The van der Waals surface area contributed by atoms with Crippen molar-refractivity contribution in [1.29, 1.82) is 0 Å². The molecule has 0 radical (unpaired) electrons. The highest BCUT2D eigenvalue weighted by molar-refractivity contribution is 5.94. The van der Waals surface area contributed by atoms with Gasteiger partial charge in [-0.2, -0.15) is 0 Å². The minimum atomic E-state index is -0.356. The zero-order valence-electron chi connectivity index (χ0n) is 16.7. The molecular weight excluding hydrogens is 348 g/mol. The summed E-state index contributed by atoms with van der Waals surface area (Å²) in [5, 5.41) is 6.26. The average molecular weight is 379 g/mol. The molecule has 148 valence electrons. The largest absolute Gasteiger partial charge is 0.353 e. The lowest BCUT2D eigenvalue weighted by Crippen LogP contribution is -2.45. The SMILES string of the molecule is C[C@@H]1[C@H](C)CCC[C@@H]1NC(=O)C[C@H](NC(=O)c1ccccc1)c1ccccc1. The number of carbonyl (C=O) groups excluding carboxylic acids is 2. The van der Waals surface area contributed by atoms with Crippen LogP contribution in [-0.2, 0) is 4.79 Å². The summed E-state index contributed by atoms with van der Waals surface area (Å²) in [5.41, 5.74) is 1.53. The van der Waals surface area contributed by atoms with Crippen molar-refractivity contribution in [2.45, 2.75) is 51.6 Å². The Hall–Kier alpha value is -2.62. The first-order chi connectivity index (χ1) is 13.5. The molecule has 4 atom stereocenters. The van der Waals surface area contributed by atoms with E-state index in [1.54, 1.807) is 12.1 Å². The van der Waals surface area contributed by atoms with E-state index < -0.39 is 0 Å². The lowest BCUT2D eigenvalue weighted by Gasteiger charge is -2.35. The molecule has 2 aromatic carbocycles. The van der Waals surface area contributed by atoms with Crippen molar-refractivity contribution in [2.75, 3.05) is 0 Å². The van der Waals surface area contributed by atoms with Gasteiger partial charge in [0.05, 0.1) is 12.5 Å². The second-order valence-corrected chi connectivity index (χ2v) is 7.95. The van der Waals surface area contributed by atoms with Crippen LogP contribution in [0.1, 0.15) is 61.5 Å². The summed E-state index contributed by atoms with van der Waals surface area (Å²) in [5.74, 6) is 0.934. The Labute approximate surface area is 167 Å². The Morgan fingerprint density at radius 1 is 0.964 bits per heavy atom. The molecule has 0 saturated heterocycles. The first kappa shape index (κ1) is 20.1. The van der Waals surface area contributed by atoms with Crippen molar-refractivity contribution in [2.24, 2.45) is 11.8 Å². The standard InChI is InChI=1S/C24H30N2O2/c1-17-10-9-15-21(18(17)2)25-23(27)16-22(19-11-5-3-6-12-19)26-24(28)20-13-7-4-8-14-20/h3-8,11-14,17-18,21-22H,9-10,15-16H2,1-2H3,(H,25,27)(H,26,28)/t17-,18-,21+,22+/m1/s1. The average Bonchev–Trinajstić information content (AvgIpc) is 2.72. The molecule has 1 fully saturated rings. The highest BCUT2D eigenvalue weighted by Crippen LogP contribution is 2.29. The van der Waals surface area contributed by atoms with Gasteiger partial charge in [-0.3, -0.25) is 9.59 Å².